The zero-order chi connectivity index (χ0) is 36.8. The van der Waals surface area contributed by atoms with Gasteiger partial charge in [0.2, 0.25) is 0 Å². The number of methoxy groups -OCH3 is 1. The number of carbonyl (C=O) groups excluding carboxylic acids is 1. The van der Waals surface area contributed by atoms with Crippen molar-refractivity contribution in [1.82, 2.24) is 15.0 Å². The Balaban J connectivity index is 1.67. The molecule has 0 saturated carbocycles. The summed E-state index contributed by atoms with van der Waals surface area (Å²) in [5.74, 6) is -0.454. The van der Waals surface area contributed by atoms with Gasteiger partial charge in [0.05, 0.1) is 41.6 Å². The van der Waals surface area contributed by atoms with Gasteiger partial charge in [0, 0.05) is 32.4 Å². The van der Waals surface area contributed by atoms with E-state index in [1.54, 1.807) is 17.0 Å². The summed E-state index contributed by atoms with van der Waals surface area (Å²) < 4.78 is 131. The van der Waals surface area contributed by atoms with Crippen LogP contribution in [0.5, 0.6) is 0 Å². The summed E-state index contributed by atoms with van der Waals surface area (Å²) in [6, 6.07) is 8.21. The number of fused-ring (bicyclic) bond motifs is 1. The maximum atomic E-state index is 14.5. The molecule has 50 heavy (non-hydrogen) atoms. The second-order valence-corrected chi connectivity index (χ2v) is 12.1. The van der Waals surface area contributed by atoms with Gasteiger partial charge in [0.15, 0.2) is 5.82 Å². The first kappa shape index (κ1) is 36.5. The second kappa shape index (κ2) is 13.5. The van der Waals surface area contributed by atoms with Crippen molar-refractivity contribution in [1.29, 1.82) is 0 Å². The lowest BCUT2D eigenvalue weighted by atomic mass is 9.90. The number of rotatable bonds is 7. The third-order valence-corrected chi connectivity index (χ3v) is 8.64. The van der Waals surface area contributed by atoms with Gasteiger partial charge in [-0.25, -0.2) is 4.79 Å². The number of hydrogen-bond acceptors (Lipinski definition) is 6. The maximum absolute atomic E-state index is 14.5. The Bertz CT molecular complexity index is 1830. The first-order valence-corrected chi connectivity index (χ1v) is 15.3. The van der Waals surface area contributed by atoms with Crippen LogP contribution in [0.2, 0.25) is 0 Å². The first-order valence-electron chi connectivity index (χ1n) is 15.3. The number of carbonyl (C=O) groups is 1. The van der Waals surface area contributed by atoms with Gasteiger partial charge in [-0.2, -0.15) is 49.4 Å². The number of ether oxygens (including phenoxy) is 1. The molecule has 268 valence electrons. The van der Waals surface area contributed by atoms with Crippen LogP contribution in [0.3, 0.4) is 0 Å². The molecule has 0 radical (unpaired) electrons. The third kappa shape index (κ3) is 7.68. The minimum atomic E-state index is -5.08. The number of aromatic nitrogens is 3. The van der Waals surface area contributed by atoms with Gasteiger partial charge in [-0.3, -0.25) is 0 Å². The number of alkyl halides is 9. The Hall–Kier alpha value is -4.76. The van der Waals surface area contributed by atoms with Gasteiger partial charge in [-0.1, -0.05) is 18.2 Å². The van der Waals surface area contributed by atoms with Crippen molar-refractivity contribution in [3.63, 3.8) is 0 Å². The van der Waals surface area contributed by atoms with Gasteiger partial charge in [0.1, 0.15) is 0 Å². The van der Waals surface area contributed by atoms with E-state index >= 15 is 0 Å². The summed E-state index contributed by atoms with van der Waals surface area (Å²) in [7, 11) is 2.71. The van der Waals surface area contributed by atoms with Crippen LogP contribution in [-0.2, 0) is 43.4 Å². The van der Waals surface area contributed by atoms with Gasteiger partial charge in [-0.05, 0) is 84.8 Å². The second-order valence-electron chi connectivity index (χ2n) is 12.1. The summed E-state index contributed by atoms with van der Waals surface area (Å²) in [4.78, 5) is 16.4. The molecule has 0 bridgehead atoms. The Morgan fingerprint density at radius 1 is 0.900 bits per heavy atom. The summed E-state index contributed by atoms with van der Waals surface area (Å²) in [5, 5.41) is 8.36. The number of nitrogens with zero attached hydrogens (tertiary/aromatic N) is 5. The Kier molecular flexibility index (Phi) is 9.87. The lowest BCUT2D eigenvalue weighted by Crippen LogP contribution is -2.30. The van der Waals surface area contributed by atoms with Crippen molar-refractivity contribution in [3.8, 4) is 0 Å². The fourth-order valence-corrected chi connectivity index (χ4v) is 6.55. The number of benzene rings is 3. The predicted octanol–water partition coefficient (Wildman–Crippen LogP) is 8.82. The van der Waals surface area contributed by atoms with Crippen molar-refractivity contribution in [2.24, 2.45) is 7.05 Å². The smallest absolute Gasteiger partial charge is 0.416 e. The maximum Gasteiger partial charge on any atom is 0.416 e. The monoisotopic (exact) mass is 713 g/mol. The molecule has 7 nitrogen and oxygen atoms in total. The SMILES string of the molecule is COC(=O)c1ccc(CN2CCCC(N(Cc3cc(C(F)(F)F)cc(C(F)(F)F)c3)c3cnn(C)n3)c3cc(C)c(C(F)(F)F)c(C)c32)cc1. The zero-order valence-corrected chi connectivity index (χ0v) is 27.3. The molecule has 1 aliphatic heterocycles. The van der Waals surface area contributed by atoms with E-state index in [4.69, 9.17) is 4.74 Å². The van der Waals surface area contributed by atoms with Crippen LogP contribution >= 0.6 is 0 Å². The average molecular weight is 714 g/mol. The Morgan fingerprint density at radius 3 is 2.04 bits per heavy atom. The van der Waals surface area contributed by atoms with E-state index in [0.717, 1.165) is 0 Å². The van der Waals surface area contributed by atoms with Crippen molar-refractivity contribution < 1.29 is 49.0 Å². The summed E-state index contributed by atoms with van der Waals surface area (Å²) in [6.45, 7) is 2.56. The topological polar surface area (TPSA) is 63.5 Å². The molecule has 1 unspecified atom stereocenters. The van der Waals surface area contributed by atoms with Crippen LogP contribution in [0.4, 0.5) is 51.0 Å². The van der Waals surface area contributed by atoms with Crippen molar-refractivity contribution in [2.75, 3.05) is 23.5 Å². The average Bonchev–Trinajstić information content (AvgIpc) is 3.37. The van der Waals surface area contributed by atoms with Crippen LogP contribution in [0, 0.1) is 13.8 Å². The number of esters is 1. The van der Waals surface area contributed by atoms with Gasteiger partial charge >= 0.3 is 24.5 Å². The van der Waals surface area contributed by atoms with Crippen molar-refractivity contribution in [3.05, 3.63) is 105 Å². The standard InChI is InChI=1S/C34H32F9N5O2/c1-19-12-26-27(48(28-16-44-46(3)45-28)18-22-13-24(32(35,36)37)15-25(14-22)33(38,39)40)6-5-11-47(30(26)20(2)29(19)34(41,42)43)17-21-7-9-23(10-8-21)31(49)50-4/h7-10,12-16,27H,5-6,11,17-18H2,1-4H3. The van der Waals surface area contributed by atoms with Crippen LogP contribution < -0.4 is 9.80 Å². The van der Waals surface area contributed by atoms with E-state index < -0.39 is 53.8 Å². The summed E-state index contributed by atoms with van der Waals surface area (Å²) in [6.07, 6.45) is -13.0. The largest absolute Gasteiger partial charge is 0.465 e. The molecule has 0 saturated heterocycles. The molecule has 3 aromatic carbocycles. The molecular weight excluding hydrogens is 681 g/mol. The van der Waals surface area contributed by atoms with Crippen LogP contribution in [-0.4, -0.2) is 34.6 Å². The molecule has 4 aromatic rings. The molecule has 0 spiro atoms. The Morgan fingerprint density at radius 2 is 1.52 bits per heavy atom. The van der Waals surface area contributed by atoms with E-state index in [9.17, 15) is 44.3 Å². The van der Waals surface area contributed by atoms with Gasteiger partial charge in [0.25, 0.3) is 0 Å². The molecule has 1 aliphatic rings. The number of anilines is 2. The molecule has 1 aromatic heterocycles. The number of aryl methyl sites for hydroxylation is 2. The van der Waals surface area contributed by atoms with Crippen LogP contribution in [0.25, 0.3) is 0 Å². The highest BCUT2D eigenvalue weighted by molar-refractivity contribution is 5.89. The van der Waals surface area contributed by atoms with Gasteiger partial charge in [-0.15, -0.1) is 5.10 Å². The highest BCUT2D eigenvalue weighted by Gasteiger charge is 2.40. The highest BCUT2D eigenvalue weighted by atomic mass is 19.4. The predicted molar refractivity (Wildman–Crippen MR) is 165 cm³/mol. The molecule has 0 aliphatic carbocycles. The minimum absolute atomic E-state index is 0.0398. The Labute approximate surface area is 281 Å². The normalized spacial score (nSPS) is 15.5. The summed E-state index contributed by atoms with van der Waals surface area (Å²) in [5.41, 5.74) is -2.76. The van der Waals surface area contributed by atoms with Crippen molar-refractivity contribution in [2.45, 2.75) is 64.3 Å². The van der Waals surface area contributed by atoms with E-state index in [0.29, 0.717) is 29.7 Å². The molecule has 0 N–H and O–H groups in total. The molecular formula is C34H32F9N5O2. The van der Waals surface area contributed by atoms with E-state index in [-0.39, 0.29) is 59.3 Å². The fourth-order valence-electron chi connectivity index (χ4n) is 6.55. The quantitative estimate of drug-likeness (QED) is 0.141. The fraction of sp³-hybridized carbons (Fsp3) is 0.382. The molecule has 16 heteroatoms. The number of halogens is 9. The molecule has 1 atom stereocenters. The van der Waals surface area contributed by atoms with Crippen molar-refractivity contribution >= 4 is 17.5 Å². The van der Waals surface area contributed by atoms with Crippen LogP contribution in [0.1, 0.15) is 73.7 Å². The minimum Gasteiger partial charge on any atom is -0.465 e. The van der Waals surface area contributed by atoms with Gasteiger partial charge < -0.3 is 14.5 Å². The lowest BCUT2D eigenvalue weighted by Gasteiger charge is -2.35. The zero-order valence-electron chi connectivity index (χ0n) is 27.3. The third-order valence-electron chi connectivity index (χ3n) is 8.64. The lowest BCUT2D eigenvalue weighted by molar-refractivity contribution is -0.143. The summed E-state index contributed by atoms with van der Waals surface area (Å²) >= 11 is 0. The molecule has 0 fully saturated rings. The molecule has 5 rings (SSSR count). The van der Waals surface area contributed by atoms with E-state index in [2.05, 4.69) is 10.2 Å². The van der Waals surface area contributed by atoms with Crippen LogP contribution in [0.15, 0.2) is 54.7 Å². The molecule has 0 amide bonds. The van der Waals surface area contributed by atoms with E-state index in [1.807, 2.05) is 0 Å². The number of hydrogen-bond donors (Lipinski definition) is 0. The van der Waals surface area contributed by atoms with E-state index in [1.165, 1.54) is 62.1 Å². The highest BCUT2D eigenvalue weighted by Crippen LogP contribution is 2.47. The first-order chi connectivity index (χ1) is 23.3. The molecule has 2 heterocycles.